The third-order valence-corrected chi connectivity index (χ3v) is 4.93. The van der Waals surface area contributed by atoms with Gasteiger partial charge in [0.1, 0.15) is 0 Å². The van der Waals surface area contributed by atoms with Gasteiger partial charge in [-0.2, -0.15) is 0 Å². The number of hydrogen-bond acceptors (Lipinski definition) is 3. The smallest absolute Gasteiger partial charge is 0.0779 e. The van der Waals surface area contributed by atoms with Crippen LogP contribution in [0.5, 0.6) is 0 Å². The van der Waals surface area contributed by atoms with Gasteiger partial charge in [0.05, 0.1) is 24.9 Å². The van der Waals surface area contributed by atoms with Crippen LogP contribution < -0.4 is 4.90 Å². The van der Waals surface area contributed by atoms with Gasteiger partial charge in [-0.15, -0.1) is 0 Å². The molecule has 104 valence electrons. The first-order valence-electron chi connectivity index (χ1n) is 7.02. The minimum atomic E-state index is -0.438. The Hall–Kier alpha value is -0.580. The van der Waals surface area contributed by atoms with Crippen LogP contribution in [0, 0.1) is 0 Å². The average Bonchev–Trinajstić information content (AvgIpc) is 2.86. The highest BCUT2D eigenvalue weighted by Gasteiger charge is 2.36. The standard InChI is InChI=1S/C15H20BrNO2/c1-10(18)12-6-5-11(9-13(12)16)17-7-8-19-15-4-2-3-14(15)17/h5-6,9-10,14-15,18H,2-4,7-8H2,1H3/t10-,14?,15?/m1/s1. The molecular weight excluding hydrogens is 306 g/mol. The van der Waals surface area contributed by atoms with Gasteiger partial charge < -0.3 is 14.7 Å². The Morgan fingerprint density at radius 1 is 1.42 bits per heavy atom. The normalized spacial score (nSPS) is 28.3. The second kappa shape index (κ2) is 5.43. The molecule has 0 spiro atoms. The topological polar surface area (TPSA) is 32.7 Å². The van der Waals surface area contributed by atoms with Crippen molar-refractivity contribution in [1.82, 2.24) is 0 Å². The van der Waals surface area contributed by atoms with Crippen LogP contribution in [0.15, 0.2) is 22.7 Å². The molecule has 19 heavy (non-hydrogen) atoms. The summed E-state index contributed by atoms with van der Waals surface area (Å²) in [6.07, 6.45) is 3.64. The van der Waals surface area contributed by atoms with Crippen LogP contribution in [0.25, 0.3) is 0 Å². The molecule has 3 atom stereocenters. The molecule has 0 radical (unpaired) electrons. The van der Waals surface area contributed by atoms with Crippen molar-refractivity contribution in [2.24, 2.45) is 0 Å². The van der Waals surface area contributed by atoms with Crippen molar-refractivity contribution in [2.75, 3.05) is 18.1 Å². The van der Waals surface area contributed by atoms with E-state index in [1.54, 1.807) is 6.92 Å². The summed E-state index contributed by atoms with van der Waals surface area (Å²) in [5.41, 5.74) is 2.18. The van der Waals surface area contributed by atoms with Crippen LogP contribution in [-0.2, 0) is 4.74 Å². The van der Waals surface area contributed by atoms with Gasteiger partial charge >= 0.3 is 0 Å². The first-order valence-corrected chi connectivity index (χ1v) is 7.82. The fourth-order valence-corrected chi connectivity index (χ4v) is 3.98. The van der Waals surface area contributed by atoms with Crippen molar-refractivity contribution < 1.29 is 9.84 Å². The number of halogens is 1. The van der Waals surface area contributed by atoms with E-state index in [9.17, 15) is 5.11 Å². The van der Waals surface area contributed by atoms with Gasteiger partial charge in [0, 0.05) is 16.7 Å². The van der Waals surface area contributed by atoms with Gasteiger partial charge in [-0.05, 0) is 43.9 Å². The maximum absolute atomic E-state index is 9.69. The molecule has 3 rings (SSSR count). The molecule has 1 aromatic carbocycles. The van der Waals surface area contributed by atoms with Crippen molar-refractivity contribution in [1.29, 1.82) is 0 Å². The van der Waals surface area contributed by atoms with Gasteiger partial charge in [0.15, 0.2) is 0 Å². The number of aliphatic hydroxyl groups is 1. The van der Waals surface area contributed by atoms with Crippen molar-refractivity contribution >= 4 is 21.6 Å². The highest BCUT2D eigenvalue weighted by atomic mass is 79.9. The molecule has 3 nitrogen and oxygen atoms in total. The molecule has 1 aliphatic heterocycles. The van der Waals surface area contributed by atoms with Gasteiger partial charge in [-0.25, -0.2) is 0 Å². The Bertz CT molecular complexity index is 463. The fourth-order valence-electron chi connectivity index (χ4n) is 3.28. The van der Waals surface area contributed by atoms with Crippen molar-refractivity contribution in [3.05, 3.63) is 28.2 Å². The molecule has 2 fully saturated rings. The largest absolute Gasteiger partial charge is 0.389 e. The predicted molar refractivity (Wildman–Crippen MR) is 79.5 cm³/mol. The summed E-state index contributed by atoms with van der Waals surface area (Å²) in [6, 6.07) is 6.79. The Kier molecular flexibility index (Phi) is 3.83. The third-order valence-electron chi connectivity index (χ3n) is 4.25. The van der Waals surface area contributed by atoms with E-state index >= 15 is 0 Å². The molecular formula is C15H20BrNO2. The molecule has 1 saturated carbocycles. The zero-order valence-electron chi connectivity index (χ0n) is 11.2. The number of rotatable bonds is 2. The summed E-state index contributed by atoms with van der Waals surface area (Å²) in [4.78, 5) is 2.47. The highest BCUT2D eigenvalue weighted by Crippen LogP contribution is 2.35. The summed E-state index contributed by atoms with van der Waals surface area (Å²) < 4.78 is 6.84. The van der Waals surface area contributed by atoms with Crippen LogP contribution in [0.1, 0.15) is 37.9 Å². The van der Waals surface area contributed by atoms with E-state index in [-0.39, 0.29) is 0 Å². The second-order valence-electron chi connectivity index (χ2n) is 5.48. The average molecular weight is 326 g/mol. The van der Waals surface area contributed by atoms with E-state index in [0.717, 1.165) is 23.2 Å². The van der Waals surface area contributed by atoms with E-state index in [1.165, 1.54) is 24.9 Å². The number of ether oxygens (including phenoxy) is 1. The van der Waals surface area contributed by atoms with Gasteiger partial charge in [-0.1, -0.05) is 22.0 Å². The lowest BCUT2D eigenvalue weighted by Gasteiger charge is -2.39. The molecule has 1 N–H and O–H groups in total. The summed E-state index contributed by atoms with van der Waals surface area (Å²) >= 11 is 3.57. The lowest BCUT2D eigenvalue weighted by molar-refractivity contribution is 0.0256. The number of anilines is 1. The highest BCUT2D eigenvalue weighted by molar-refractivity contribution is 9.10. The van der Waals surface area contributed by atoms with Crippen LogP contribution in [-0.4, -0.2) is 30.4 Å². The minimum Gasteiger partial charge on any atom is -0.389 e. The molecule has 2 aliphatic rings. The Morgan fingerprint density at radius 2 is 2.26 bits per heavy atom. The maximum Gasteiger partial charge on any atom is 0.0779 e. The van der Waals surface area contributed by atoms with Crippen molar-refractivity contribution in [2.45, 2.75) is 44.4 Å². The first kappa shape index (κ1) is 13.4. The summed E-state index contributed by atoms with van der Waals surface area (Å²) in [7, 11) is 0. The van der Waals surface area contributed by atoms with E-state index in [2.05, 4.69) is 33.0 Å². The quantitative estimate of drug-likeness (QED) is 0.905. The monoisotopic (exact) mass is 325 g/mol. The molecule has 0 aromatic heterocycles. The lowest BCUT2D eigenvalue weighted by Crippen LogP contribution is -2.48. The van der Waals surface area contributed by atoms with E-state index in [4.69, 9.17) is 4.74 Å². The first-order chi connectivity index (χ1) is 9.16. The predicted octanol–water partition coefficient (Wildman–Crippen LogP) is 3.26. The zero-order chi connectivity index (χ0) is 13.4. The number of fused-ring (bicyclic) bond motifs is 1. The van der Waals surface area contributed by atoms with Crippen LogP contribution in [0.2, 0.25) is 0 Å². The number of morpholine rings is 1. The molecule has 4 heteroatoms. The van der Waals surface area contributed by atoms with Gasteiger partial charge in [0.25, 0.3) is 0 Å². The number of benzene rings is 1. The number of nitrogens with zero attached hydrogens (tertiary/aromatic N) is 1. The van der Waals surface area contributed by atoms with E-state index in [1.807, 2.05) is 6.07 Å². The Balaban J connectivity index is 1.87. The molecule has 1 aliphatic carbocycles. The van der Waals surface area contributed by atoms with Crippen molar-refractivity contribution in [3.63, 3.8) is 0 Å². The summed E-state index contributed by atoms with van der Waals surface area (Å²) in [5.74, 6) is 0. The molecule has 1 saturated heterocycles. The SMILES string of the molecule is C[C@@H](O)c1ccc(N2CCOC3CCCC32)cc1Br. The third kappa shape index (κ3) is 2.54. The van der Waals surface area contributed by atoms with Crippen LogP contribution in [0.4, 0.5) is 5.69 Å². The molecule has 0 amide bonds. The van der Waals surface area contributed by atoms with Crippen LogP contribution in [0.3, 0.4) is 0 Å². The summed E-state index contributed by atoms with van der Waals surface area (Å²) in [6.45, 7) is 3.57. The number of aliphatic hydroxyl groups excluding tert-OH is 1. The van der Waals surface area contributed by atoms with E-state index in [0.29, 0.717) is 12.1 Å². The molecule has 1 heterocycles. The van der Waals surface area contributed by atoms with Gasteiger partial charge in [-0.3, -0.25) is 0 Å². The lowest BCUT2D eigenvalue weighted by atomic mass is 10.1. The minimum absolute atomic E-state index is 0.406. The van der Waals surface area contributed by atoms with Gasteiger partial charge in [0.2, 0.25) is 0 Å². The Labute approximate surface area is 122 Å². The Morgan fingerprint density at radius 3 is 3.00 bits per heavy atom. The van der Waals surface area contributed by atoms with Crippen LogP contribution >= 0.6 is 15.9 Å². The molecule has 2 unspecified atom stereocenters. The second-order valence-corrected chi connectivity index (χ2v) is 6.34. The summed E-state index contributed by atoms with van der Waals surface area (Å²) in [5, 5.41) is 9.69. The van der Waals surface area contributed by atoms with Crippen molar-refractivity contribution in [3.8, 4) is 0 Å². The molecule has 1 aromatic rings. The maximum atomic E-state index is 9.69. The zero-order valence-corrected chi connectivity index (χ0v) is 12.8. The molecule has 0 bridgehead atoms. The fraction of sp³-hybridized carbons (Fsp3) is 0.600. The number of hydrogen-bond donors (Lipinski definition) is 1. The van der Waals surface area contributed by atoms with E-state index < -0.39 is 6.10 Å².